The molecule has 4 aromatic carbocycles. The van der Waals surface area contributed by atoms with E-state index >= 15 is 0 Å². The third kappa shape index (κ3) is 5.69. The number of pyridine rings is 2. The maximum Gasteiger partial charge on any atom is 0.135 e. The minimum atomic E-state index is -0.472. The van der Waals surface area contributed by atoms with Crippen molar-refractivity contribution in [2.45, 2.75) is 0 Å². The van der Waals surface area contributed by atoms with Crippen molar-refractivity contribution in [3.63, 3.8) is 0 Å². The fourth-order valence-electron chi connectivity index (χ4n) is 5.60. The number of aromatic nitrogens is 2. The number of nitrogens with zero attached hydrogens (tertiary/aromatic N) is 2. The normalized spacial score (nSPS) is 11.5. The molecule has 0 N–H and O–H groups in total. The molecule has 0 unspecified atom stereocenters. The molecule has 0 saturated heterocycles. The van der Waals surface area contributed by atoms with Crippen molar-refractivity contribution in [1.82, 2.24) is 9.97 Å². The summed E-state index contributed by atoms with van der Waals surface area (Å²) in [5.74, 6) is 0. The zero-order valence-corrected chi connectivity index (χ0v) is 30.1. The van der Waals surface area contributed by atoms with Gasteiger partial charge in [-0.25, -0.2) is 0 Å². The third-order valence-corrected chi connectivity index (χ3v) is 7.43. The summed E-state index contributed by atoms with van der Waals surface area (Å²) in [5.41, 5.74) is 7.67. The van der Waals surface area contributed by atoms with Gasteiger partial charge < -0.3 is 23.2 Å². The molecule has 0 atom stereocenters. The Kier molecular flexibility index (Phi) is 9.20. The molecule has 0 radical (unpaired) electrons. The van der Waals surface area contributed by atoms with Gasteiger partial charge in [-0.05, 0) is 35.7 Å². The summed E-state index contributed by atoms with van der Waals surface area (Å²) in [7, 11) is 19.5. The molecular formula is C34H16Cl4N2O3Pt2-2. The molecule has 0 aliphatic rings. The number of fused-ring (bicyclic) bond motifs is 9. The van der Waals surface area contributed by atoms with E-state index < -0.39 is 33.0 Å². The first-order valence-corrected chi connectivity index (χ1v) is 24.4. The molecule has 5 aromatic heterocycles. The standard InChI is InChI=1S/C34H16N2O3.4ClH.2Pt/c1-3-13-29-19(7-1)25-17-35-27(15-31(25)37-29)23-11-5-9-21-22-10-6-12-24(34(22)39-33(21)23)28-16-32-26(18-36-28)20-8-2-4-14-30(20)38-32;;;;;;/h1-10,13-18H;4*1H;;/q-2;;;;;2*+2/p-4. The summed E-state index contributed by atoms with van der Waals surface area (Å²) in [5, 5.41) is 6.01. The van der Waals surface area contributed by atoms with Gasteiger partial charge in [0.1, 0.15) is 22.3 Å². The third-order valence-electron chi connectivity index (χ3n) is 7.43. The van der Waals surface area contributed by atoms with E-state index in [-0.39, 0.29) is 0 Å². The Morgan fingerprint density at radius 3 is 1.36 bits per heavy atom. The number of furan rings is 3. The monoisotopic (exact) mass is 1030 g/mol. The smallest absolute Gasteiger partial charge is 0.135 e. The van der Waals surface area contributed by atoms with Gasteiger partial charge in [-0.1, -0.05) is 58.3 Å². The van der Waals surface area contributed by atoms with Crippen molar-refractivity contribution in [2.24, 2.45) is 0 Å². The number of hydrogen-bond acceptors (Lipinski definition) is 5. The molecule has 0 amide bonds. The van der Waals surface area contributed by atoms with Gasteiger partial charge in [-0.3, -0.25) is 0 Å². The van der Waals surface area contributed by atoms with Crippen LogP contribution in [0.2, 0.25) is 0 Å². The van der Waals surface area contributed by atoms with Crippen molar-refractivity contribution < 1.29 is 46.2 Å². The van der Waals surface area contributed by atoms with Crippen molar-refractivity contribution >= 4 is 103 Å². The van der Waals surface area contributed by atoms with E-state index in [0.717, 1.165) is 77.2 Å². The molecule has 45 heavy (non-hydrogen) atoms. The Morgan fingerprint density at radius 2 is 0.911 bits per heavy atom. The van der Waals surface area contributed by atoms with Gasteiger partial charge in [0.15, 0.2) is 0 Å². The Labute approximate surface area is 289 Å². The molecular weight excluding hydrogens is 1020 g/mol. The Bertz CT molecular complexity index is 2300. The molecule has 0 fully saturated rings. The molecule has 9 aromatic rings. The van der Waals surface area contributed by atoms with Crippen molar-refractivity contribution in [3.8, 4) is 22.5 Å². The minimum absolute atomic E-state index is 0.472. The first-order valence-electron chi connectivity index (χ1n) is 13.1. The second-order valence-electron chi connectivity index (χ2n) is 9.71. The van der Waals surface area contributed by atoms with Crippen LogP contribution in [0.3, 0.4) is 0 Å². The molecule has 230 valence electrons. The van der Waals surface area contributed by atoms with Gasteiger partial charge in [0.05, 0.1) is 0 Å². The maximum absolute atomic E-state index is 6.56. The van der Waals surface area contributed by atoms with Crippen molar-refractivity contribution in [2.75, 3.05) is 0 Å². The van der Waals surface area contributed by atoms with Crippen LogP contribution in [0.25, 0.3) is 88.3 Å². The fraction of sp³-hybridized carbons (Fsp3) is 0. The summed E-state index contributed by atoms with van der Waals surface area (Å²) < 4.78 is 18.8. The van der Waals surface area contributed by atoms with Gasteiger partial charge >= 0.3 is 70.6 Å². The van der Waals surface area contributed by atoms with Crippen LogP contribution in [-0.4, -0.2) is 9.97 Å². The first kappa shape index (κ1) is 30.8. The van der Waals surface area contributed by atoms with E-state index in [2.05, 4.69) is 12.1 Å². The molecule has 0 bridgehead atoms. The zero-order chi connectivity index (χ0) is 30.9. The molecule has 0 aliphatic heterocycles. The summed E-state index contributed by atoms with van der Waals surface area (Å²) in [6, 6.07) is 34.4. The minimum Gasteiger partial charge on any atom is -0.545 e. The molecule has 9 rings (SSSR count). The molecule has 5 nitrogen and oxygen atoms in total. The Hall–Kier alpha value is -2.88. The number of benzene rings is 4. The predicted molar refractivity (Wildman–Crippen MR) is 176 cm³/mol. The average Bonchev–Trinajstić information content (AvgIpc) is 3.75. The predicted octanol–water partition coefficient (Wildman–Crippen LogP) is 11.9. The van der Waals surface area contributed by atoms with Gasteiger partial charge in [0, 0.05) is 45.1 Å². The van der Waals surface area contributed by atoms with Crippen LogP contribution in [-0.2, 0) is 33.0 Å². The van der Waals surface area contributed by atoms with Crippen LogP contribution >= 0.6 is 37.7 Å². The van der Waals surface area contributed by atoms with Crippen LogP contribution in [0.4, 0.5) is 0 Å². The van der Waals surface area contributed by atoms with Crippen LogP contribution < -0.4 is 0 Å². The van der Waals surface area contributed by atoms with E-state index in [1.165, 1.54) is 0 Å². The van der Waals surface area contributed by atoms with E-state index in [4.69, 9.17) is 60.9 Å². The van der Waals surface area contributed by atoms with Crippen LogP contribution in [0.1, 0.15) is 0 Å². The number of rotatable bonds is 2. The van der Waals surface area contributed by atoms with Gasteiger partial charge in [0.25, 0.3) is 0 Å². The Balaban J connectivity index is 0.000000505. The van der Waals surface area contributed by atoms with Crippen molar-refractivity contribution in [1.29, 1.82) is 0 Å². The van der Waals surface area contributed by atoms with Gasteiger partial charge in [-0.15, -0.1) is 36.4 Å². The van der Waals surface area contributed by atoms with Crippen LogP contribution in [0, 0.1) is 12.1 Å². The zero-order valence-electron chi connectivity index (χ0n) is 22.5. The molecule has 11 heteroatoms. The number of hydrogen-bond donors (Lipinski definition) is 0. The second kappa shape index (κ2) is 13.5. The average molecular weight is 1030 g/mol. The van der Waals surface area contributed by atoms with Gasteiger partial charge in [0.2, 0.25) is 0 Å². The Morgan fingerprint density at radius 1 is 0.489 bits per heavy atom. The second-order valence-corrected chi connectivity index (χ2v) is 16.3. The van der Waals surface area contributed by atoms with Crippen LogP contribution in [0.15, 0.2) is 111 Å². The summed E-state index contributed by atoms with van der Waals surface area (Å²) in [6.45, 7) is 0. The summed E-state index contributed by atoms with van der Waals surface area (Å²) in [4.78, 5) is 9.54. The largest absolute Gasteiger partial charge is 0.545 e. The summed E-state index contributed by atoms with van der Waals surface area (Å²) in [6.07, 6.45) is 3.72. The topological polar surface area (TPSA) is 65.2 Å². The quantitative estimate of drug-likeness (QED) is 0.161. The molecule has 0 aliphatic carbocycles. The number of halogens is 4. The van der Waals surface area contributed by atoms with Crippen molar-refractivity contribution in [3.05, 3.63) is 109 Å². The van der Waals surface area contributed by atoms with E-state index in [9.17, 15) is 0 Å². The van der Waals surface area contributed by atoms with Gasteiger partial charge in [-0.2, -0.15) is 0 Å². The van der Waals surface area contributed by atoms with E-state index in [0.29, 0.717) is 11.2 Å². The van der Waals surface area contributed by atoms with Crippen LogP contribution in [0.5, 0.6) is 0 Å². The molecule has 0 spiro atoms. The maximum atomic E-state index is 6.56. The fourth-order valence-corrected chi connectivity index (χ4v) is 5.60. The SMILES string of the molecule is [Cl][Pt][Cl].[Cl][Pt][Cl].[c-]1ccc2c(oc3c(-c4cc5oc6ccccc6c5cn4)[c-]ccc32)c1-c1cc2oc3ccccc3c2cn1. The van der Waals surface area contributed by atoms with E-state index in [1.54, 1.807) is 0 Å². The molecule has 0 saturated carbocycles. The molecule has 5 heterocycles. The first-order chi connectivity index (χ1) is 22.1. The number of para-hydroxylation sites is 2. The van der Waals surface area contributed by atoms with E-state index in [1.807, 2.05) is 97.3 Å². The summed E-state index contributed by atoms with van der Waals surface area (Å²) >= 11 is -0.944.